The van der Waals surface area contributed by atoms with Crippen LogP contribution in [0.5, 0.6) is 0 Å². The molecule has 0 aliphatic carbocycles. The van der Waals surface area contributed by atoms with Crippen LogP contribution in [0.3, 0.4) is 0 Å². The number of hydrogen-bond donors (Lipinski definition) is 2. The summed E-state index contributed by atoms with van der Waals surface area (Å²) >= 11 is 0. The Labute approximate surface area is 348 Å². The Balaban J connectivity index is 4.40. The van der Waals surface area contributed by atoms with Crippen LogP contribution in [0, 0.1) is 11.3 Å². The molecule has 334 valence electrons. The fourth-order valence-electron chi connectivity index (χ4n) is 6.72. The zero-order chi connectivity index (χ0) is 41.9. The number of esters is 2. The van der Waals surface area contributed by atoms with Crippen LogP contribution in [0.15, 0.2) is 0 Å². The average Bonchev–Trinajstić information content (AvgIpc) is 3.19. The molecule has 12 heteroatoms. The Kier molecular flexibility index (Phi) is 40.7. The number of carbonyl (C=O) groups excluding carboxylic acids is 3. The van der Waals surface area contributed by atoms with Gasteiger partial charge in [0.25, 0.3) is 0 Å². The molecule has 1 amide bonds. The Morgan fingerprint density at radius 3 is 1.35 bits per heavy atom. The third-order valence-electron chi connectivity index (χ3n) is 10.3. The number of nitrogens with one attached hydrogen (secondary N) is 1. The maximum atomic E-state index is 12.7. The maximum absolute atomic E-state index is 12.7. The van der Waals surface area contributed by atoms with Gasteiger partial charge >= 0.3 is 19.8 Å². The number of ether oxygens (including phenoxy) is 2. The minimum absolute atomic E-state index is 0.0222. The molecule has 0 aliphatic rings. The van der Waals surface area contributed by atoms with Crippen molar-refractivity contribution in [3.63, 3.8) is 0 Å². The van der Waals surface area contributed by atoms with Gasteiger partial charge in [0.1, 0.15) is 6.61 Å². The summed E-state index contributed by atoms with van der Waals surface area (Å²) in [5.74, 6) is -1.27. The zero-order valence-corrected chi connectivity index (χ0v) is 37.4. The molecule has 2 atom stereocenters. The van der Waals surface area contributed by atoms with Crippen LogP contribution in [-0.4, -0.2) is 55.2 Å². The number of hydrogen-bond acceptors (Lipinski definition) is 9. The van der Waals surface area contributed by atoms with E-state index in [-0.39, 0.29) is 51.3 Å². The Bertz CT molecular complexity index is 1040. The highest BCUT2D eigenvalue weighted by molar-refractivity contribution is 7.47. The maximum Gasteiger partial charge on any atom is 0.472 e. The van der Waals surface area contributed by atoms with Crippen molar-refractivity contribution in [3.05, 3.63) is 0 Å². The van der Waals surface area contributed by atoms with Crippen LogP contribution in [0.4, 0.5) is 0 Å². The van der Waals surface area contributed by atoms with Crippen LogP contribution >= 0.6 is 7.82 Å². The topological polar surface area (TPSA) is 161 Å². The number of phosphoric acid groups is 1. The van der Waals surface area contributed by atoms with Crippen molar-refractivity contribution >= 4 is 25.7 Å². The second-order valence-corrected chi connectivity index (χ2v) is 17.3. The fraction of sp³-hybridized carbons (Fsp3) is 0.911. The summed E-state index contributed by atoms with van der Waals surface area (Å²) < 4.78 is 33.4. The minimum Gasteiger partial charge on any atom is -0.462 e. The summed E-state index contributed by atoms with van der Waals surface area (Å²) in [6.45, 7) is 3.36. The first-order valence-electron chi connectivity index (χ1n) is 23.3. The number of phosphoric ester groups is 1. The molecule has 11 nitrogen and oxygen atoms in total. The van der Waals surface area contributed by atoms with E-state index in [4.69, 9.17) is 23.8 Å². The van der Waals surface area contributed by atoms with Gasteiger partial charge in [0.05, 0.1) is 19.3 Å². The van der Waals surface area contributed by atoms with Gasteiger partial charge in [0.15, 0.2) is 6.10 Å². The van der Waals surface area contributed by atoms with Crippen molar-refractivity contribution < 1.29 is 42.4 Å². The van der Waals surface area contributed by atoms with E-state index in [9.17, 15) is 23.8 Å². The molecule has 0 spiro atoms. The van der Waals surface area contributed by atoms with Gasteiger partial charge in [0, 0.05) is 32.2 Å². The van der Waals surface area contributed by atoms with E-state index >= 15 is 0 Å². The number of nitriles is 1. The largest absolute Gasteiger partial charge is 0.472 e. The normalized spacial score (nSPS) is 12.8. The molecule has 0 rings (SSSR count). The van der Waals surface area contributed by atoms with Gasteiger partial charge < -0.3 is 19.7 Å². The van der Waals surface area contributed by atoms with Crippen molar-refractivity contribution in [1.82, 2.24) is 5.32 Å². The fourth-order valence-corrected chi connectivity index (χ4v) is 7.48. The summed E-state index contributed by atoms with van der Waals surface area (Å²) in [7, 11) is -4.55. The molecule has 0 aromatic carbocycles. The van der Waals surface area contributed by atoms with E-state index in [0.717, 1.165) is 38.5 Å². The van der Waals surface area contributed by atoms with Crippen molar-refractivity contribution in [3.8, 4) is 6.07 Å². The quantitative estimate of drug-likeness (QED) is 0.0343. The predicted molar refractivity (Wildman–Crippen MR) is 230 cm³/mol. The second kappa shape index (κ2) is 42.1. The van der Waals surface area contributed by atoms with Crippen LogP contribution in [0.1, 0.15) is 232 Å². The van der Waals surface area contributed by atoms with Crippen molar-refractivity contribution in [2.45, 2.75) is 238 Å². The van der Waals surface area contributed by atoms with Crippen molar-refractivity contribution in [2.24, 2.45) is 0 Å². The van der Waals surface area contributed by atoms with Crippen molar-refractivity contribution in [2.75, 3.05) is 26.4 Å². The lowest BCUT2D eigenvalue weighted by molar-refractivity contribution is -0.161. The Hall–Kier alpha value is -1.99. The molecular weight excluding hydrogens is 743 g/mol. The zero-order valence-electron chi connectivity index (χ0n) is 36.6. The van der Waals surface area contributed by atoms with E-state index in [1.165, 1.54) is 141 Å². The summed E-state index contributed by atoms with van der Waals surface area (Å²) in [6, 6.07) is 1.87. The number of rotatable bonds is 44. The molecule has 0 aromatic rings. The summed E-state index contributed by atoms with van der Waals surface area (Å²) in [4.78, 5) is 47.0. The van der Waals surface area contributed by atoms with Crippen LogP contribution < -0.4 is 5.32 Å². The van der Waals surface area contributed by atoms with Gasteiger partial charge in [-0.05, 0) is 12.8 Å². The molecule has 0 bridgehead atoms. The molecule has 2 N–H and O–H groups in total. The third kappa shape index (κ3) is 42.0. The van der Waals surface area contributed by atoms with E-state index in [1.807, 2.05) is 6.07 Å². The number of carbonyl (C=O) groups is 3. The molecule has 0 radical (unpaired) electrons. The first-order valence-corrected chi connectivity index (χ1v) is 24.8. The van der Waals surface area contributed by atoms with E-state index in [1.54, 1.807) is 0 Å². The first kappa shape index (κ1) is 55.0. The second-order valence-electron chi connectivity index (χ2n) is 15.8. The standard InChI is InChI=1S/C45H85N2O9P/c1-3-5-7-9-11-13-15-17-19-21-23-25-27-29-31-35-44(49)53-40-42(41-55-57(51,52)54-39-38-47-43(48)34-33-37-46)56-45(50)36-32-30-28-26-24-22-20-18-16-14-12-10-8-6-4-2/h42H,3-36,38-41H2,1-2H3,(H,47,48)(H,51,52). The van der Waals surface area contributed by atoms with Gasteiger partial charge in [-0.2, -0.15) is 5.26 Å². The first-order chi connectivity index (χ1) is 27.7. The summed E-state index contributed by atoms with van der Waals surface area (Å²) in [6.07, 6.45) is 36.3. The van der Waals surface area contributed by atoms with Crippen LogP contribution in [0.25, 0.3) is 0 Å². The van der Waals surface area contributed by atoms with Gasteiger partial charge in [-0.1, -0.05) is 194 Å². The van der Waals surface area contributed by atoms with Gasteiger partial charge in [-0.3, -0.25) is 23.4 Å². The van der Waals surface area contributed by atoms with Gasteiger partial charge in [0.2, 0.25) is 5.91 Å². The van der Waals surface area contributed by atoms with E-state index in [2.05, 4.69) is 19.2 Å². The third-order valence-corrected chi connectivity index (χ3v) is 11.2. The SMILES string of the molecule is CCCCCCCCCCCCCCCCCC(=O)OCC(COP(=O)(O)OCCNC(=O)CCC#N)OC(=O)CCCCCCCCCCCCCCCCC. The monoisotopic (exact) mass is 829 g/mol. The van der Waals surface area contributed by atoms with E-state index < -0.39 is 32.5 Å². The smallest absolute Gasteiger partial charge is 0.462 e. The van der Waals surface area contributed by atoms with Gasteiger partial charge in [-0.15, -0.1) is 0 Å². The molecule has 57 heavy (non-hydrogen) atoms. The predicted octanol–water partition coefficient (Wildman–Crippen LogP) is 12.5. The molecule has 2 unspecified atom stereocenters. The molecule has 0 saturated heterocycles. The highest BCUT2D eigenvalue weighted by Gasteiger charge is 2.26. The highest BCUT2D eigenvalue weighted by atomic mass is 31.2. The molecule has 0 saturated carbocycles. The number of amides is 1. The number of nitrogens with zero attached hydrogens (tertiary/aromatic N) is 1. The lowest BCUT2D eigenvalue weighted by Crippen LogP contribution is -2.30. The van der Waals surface area contributed by atoms with E-state index in [0.29, 0.717) is 12.8 Å². The van der Waals surface area contributed by atoms with Crippen LogP contribution in [0.2, 0.25) is 0 Å². The molecule has 0 aliphatic heterocycles. The Morgan fingerprint density at radius 1 is 0.561 bits per heavy atom. The molecule has 0 fully saturated rings. The minimum atomic E-state index is -4.55. The van der Waals surface area contributed by atoms with Gasteiger partial charge in [-0.25, -0.2) is 4.57 Å². The number of unbranched alkanes of at least 4 members (excludes halogenated alkanes) is 28. The Morgan fingerprint density at radius 2 is 0.947 bits per heavy atom. The highest BCUT2D eigenvalue weighted by Crippen LogP contribution is 2.43. The lowest BCUT2D eigenvalue weighted by atomic mass is 10.0. The van der Waals surface area contributed by atoms with Crippen LogP contribution in [-0.2, 0) is 37.5 Å². The molecule has 0 aromatic heterocycles. The summed E-state index contributed by atoms with van der Waals surface area (Å²) in [5.41, 5.74) is 0. The molecule has 0 heterocycles. The van der Waals surface area contributed by atoms with Crippen molar-refractivity contribution in [1.29, 1.82) is 5.26 Å². The average molecular weight is 829 g/mol. The molecular formula is C45H85N2O9P. The lowest BCUT2D eigenvalue weighted by Gasteiger charge is -2.20. The summed E-state index contributed by atoms with van der Waals surface area (Å²) in [5, 5.41) is 11.1.